The highest BCUT2D eigenvalue weighted by Gasteiger charge is 2.45. The molecular formula is C20H20FN5O2. The third kappa shape index (κ3) is 2.99. The molecule has 2 saturated heterocycles. The standard InChI is InChI=1S/C20H20FN5O2/c21-19-16-4-1-12(10-23-16)20(19)28-18-6-5-15(24-25-18)14-3-2-13(9-17(14)27)26-8-7-22-11-26/h2-3,5-9,11-12,16,19-20,23,27H,1,4,10H2/t12-,16-,19+,20-/m1/s1. The van der Waals surface area contributed by atoms with Crippen molar-refractivity contribution in [3.05, 3.63) is 49.1 Å². The van der Waals surface area contributed by atoms with Gasteiger partial charge < -0.3 is 19.7 Å². The molecule has 4 heterocycles. The van der Waals surface area contributed by atoms with Gasteiger partial charge in [-0.2, -0.15) is 0 Å². The summed E-state index contributed by atoms with van der Waals surface area (Å²) < 4.78 is 22.1. The van der Waals surface area contributed by atoms with Gasteiger partial charge in [-0.25, -0.2) is 9.37 Å². The lowest BCUT2D eigenvalue weighted by Crippen LogP contribution is -2.61. The number of hydrogen-bond donors (Lipinski definition) is 2. The van der Waals surface area contributed by atoms with Gasteiger partial charge in [0.05, 0.1) is 17.7 Å². The molecule has 2 aromatic heterocycles. The molecule has 0 amide bonds. The molecule has 3 fully saturated rings. The minimum atomic E-state index is -1.03. The summed E-state index contributed by atoms with van der Waals surface area (Å²) in [5.41, 5.74) is 1.87. The number of nitrogens with one attached hydrogen (secondary N) is 1. The van der Waals surface area contributed by atoms with Gasteiger partial charge in [-0.3, -0.25) is 0 Å². The van der Waals surface area contributed by atoms with Crippen LogP contribution in [-0.4, -0.2) is 49.7 Å². The zero-order chi connectivity index (χ0) is 19.1. The highest BCUT2D eigenvalue weighted by Crippen LogP contribution is 2.35. The molecule has 1 aliphatic carbocycles. The molecule has 6 rings (SSSR count). The Balaban J connectivity index is 1.34. The molecule has 28 heavy (non-hydrogen) atoms. The second-order valence-corrected chi connectivity index (χ2v) is 7.31. The molecule has 144 valence electrons. The number of fused-ring (bicyclic) bond motifs is 3. The number of alkyl halides is 1. The van der Waals surface area contributed by atoms with E-state index < -0.39 is 12.3 Å². The quantitative estimate of drug-likeness (QED) is 0.722. The first-order chi connectivity index (χ1) is 13.7. The number of benzene rings is 1. The molecule has 0 unspecified atom stereocenters. The molecule has 7 nitrogen and oxygen atoms in total. The molecule has 1 aromatic carbocycles. The van der Waals surface area contributed by atoms with Gasteiger partial charge in [0, 0.05) is 48.6 Å². The number of rotatable bonds is 4. The van der Waals surface area contributed by atoms with E-state index in [4.69, 9.17) is 4.74 Å². The van der Waals surface area contributed by atoms with E-state index in [1.165, 1.54) is 0 Å². The van der Waals surface area contributed by atoms with E-state index in [9.17, 15) is 9.50 Å². The average molecular weight is 381 g/mol. The fourth-order valence-electron chi connectivity index (χ4n) is 4.08. The van der Waals surface area contributed by atoms with Crippen LogP contribution in [0.1, 0.15) is 12.8 Å². The van der Waals surface area contributed by atoms with Crippen LogP contribution in [0.15, 0.2) is 49.1 Å². The number of aromatic nitrogens is 4. The molecule has 4 atom stereocenters. The second-order valence-electron chi connectivity index (χ2n) is 7.31. The third-order valence-electron chi connectivity index (χ3n) is 5.61. The van der Waals surface area contributed by atoms with Gasteiger partial charge in [-0.1, -0.05) is 0 Å². The number of halogens is 1. The van der Waals surface area contributed by atoms with Gasteiger partial charge in [0.15, 0.2) is 6.17 Å². The predicted molar refractivity (Wildman–Crippen MR) is 100 cm³/mol. The maximum atomic E-state index is 14.5. The Morgan fingerprint density at radius 1 is 1.18 bits per heavy atom. The largest absolute Gasteiger partial charge is 0.507 e. The molecule has 1 saturated carbocycles. The van der Waals surface area contributed by atoms with Crippen molar-refractivity contribution in [2.75, 3.05) is 6.54 Å². The van der Waals surface area contributed by atoms with Crippen molar-refractivity contribution in [2.45, 2.75) is 31.2 Å². The molecular weight excluding hydrogens is 361 g/mol. The van der Waals surface area contributed by atoms with Crippen molar-refractivity contribution in [3.8, 4) is 28.6 Å². The van der Waals surface area contributed by atoms with Crippen molar-refractivity contribution in [2.24, 2.45) is 5.92 Å². The SMILES string of the molecule is Oc1cc(-n2ccnc2)ccc1-c1ccc(O[C@@H]2[C@@H]3CC[C@@H](NC3)[C@@H]2F)nn1. The number of ether oxygens (including phenoxy) is 1. The van der Waals surface area contributed by atoms with Gasteiger partial charge in [-0.15, -0.1) is 10.2 Å². The van der Waals surface area contributed by atoms with Crippen LogP contribution in [0.3, 0.4) is 0 Å². The topological polar surface area (TPSA) is 85.1 Å². The number of hydrogen-bond acceptors (Lipinski definition) is 6. The molecule has 2 aliphatic heterocycles. The summed E-state index contributed by atoms with van der Waals surface area (Å²) >= 11 is 0. The zero-order valence-corrected chi connectivity index (χ0v) is 15.1. The average Bonchev–Trinajstić information content (AvgIpc) is 3.27. The molecule has 3 aromatic rings. The van der Waals surface area contributed by atoms with E-state index in [1.54, 1.807) is 47.6 Å². The first kappa shape index (κ1) is 17.1. The van der Waals surface area contributed by atoms with Gasteiger partial charge in [0.1, 0.15) is 11.9 Å². The second kappa shape index (κ2) is 6.87. The van der Waals surface area contributed by atoms with Gasteiger partial charge in [-0.05, 0) is 31.0 Å². The Bertz CT molecular complexity index is 953. The first-order valence-electron chi connectivity index (χ1n) is 9.38. The summed E-state index contributed by atoms with van der Waals surface area (Å²) in [5.74, 6) is 0.549. The number of nitrogens with zero attached hydrogens (tertiary/aromatic N) is 4. The minimum Gasteiger partial charge on any atom is -0.507 e. The van der Waals surface area contributed by atoms with Crippen LogP contribution >= 0.6 is 0 Å². The van der Waals surface area contributed by atoms with E-state index in [-0.39, 0.29) is 17.7 Å². The van der Waals surface area contributed by atoms with Crippen molar-refractivity contribution >= 4 is 0 Å². The summed E-state index contributed by atoms with van der Waals surface area (Å²) in [7, 11) is 0. The number of phenols is 1. The summed E-state index contributed by atoms with van der Waals surface area (Å²) in [5, 5.41) is 21.9. The van der Waals surface area contributed by atoms with Crippen molar-refractivity contribution < 1.29 is 14.2 Å². The Morgan fingerprint density at radius 2 is 2.11 bits per heavy atom. The van der Waals surface area contributed by atoms with E-state index in [0.717, 1.165) is 25.1 Å². The summed E-state index contributed by atoms with van der Waals surface area (Å²) in [4.78, 5) is 4.00. The number of imidazole rings is 1. The lowest BCUT2D eigenvalue weighted by atomic mass is 9.78. The fourth-order valence-corrected chi connectivity index (χ4v) is 4.08. The van der Waals surface area contributed by atoms with E-state index in [2.05, 4.69) is 20.5 Å². The first-order valence-corrected chi connectivity index (χ1v) is 9.38. The Morgan fingerprint density at radius 3 is 2.75 bits per heavy atom. The highest BCUT2D eigenvalue weighted by molar-refractivity contribution is 5.68. The molecule has 3 aliphatic rings. The van der Waals surface area contributed by atoms with Crippen molar-refractivity contribution in [1.82, 2.24) is 25.1 Å². The van der Waals surface area contributed by atoms with Crippen molar-refractivity contribution in [3.63, 3.8) is 0 Å². The number of aromatic hydroxyl groups is 1. The molecule has 2 N–H and O–H groups in total. The Kier molecular flexibility index (Phi) is 4.20. The lowest BCUT2D eigenvalue weighted by molar-refractivity contribution is -0.0353. The summed E-state index contributed by atoms with van der Waals surface area (Å²) in [6.45, 7) is 0.776. The maximum Gasteiger partial charge on any atom is 0.233 e. The predicted octanol–water partition coefficient (Wildman–Crippen LogP) is 2.50. The van der Waals surface area contributed by atoms with Crippen LogP contribution in [0.5, 0.6) is 11.6 Å². The molecule has 0 radical (unpaired) electrons. The molecule has 2 bridgehead atoms. The summed E-state index contributed by atoms with van der Waals surface area (Å²) in [6, 6.07) is 8.55. The third-order valence-corrected chi connectivity index (χ3v) is 5.61. The minimum absolute atomic E-state index is 0.0913. The normalized spacial score (nSPS) is 26.3. The highest BCUT2D eigenvalue weighted by atomic mass is 19.1. The smallest absolute Gasteiger partial charge is 0.233 e. The van der Waals surface area contributed by atoms with Gasteiger partial charge in [0.25, 0.3) is 0 Å². The number of phenolic OH excluding ortho intramolecular Hbond substituents is 1. The molecule has 0 spiro atoms. The van der Waals surface area contributed by atoms with Gasteiger partial charge in [0.2, 0.25) is 5.88 Å². The summed E-state index contributed by atoms with van der Waals surface area (Å²) in [6.07, 6.45) is 5.43. The fraction of sp³-hybridized carbons (Fsp3) is 0.350. The van der Waals surface area contributed by atoms with E-state index >= 15 is 0 Å². The number of piperidine rings is 2. The van der Waals surface area contributed by atoms with Crippen LogP contribution in [0.25, 0.3) is 16.9 Å². The van der Waals surface area contributed by atoms with Crippen LogP contribution in [-0.2, 0) is 0 Å². The van der Waals surface area contributed by atoms with Crippen LogP contribution < -0.4 is 10.1 Å². The van der Waals surface area contributed by atoms with Crippen molar-refractivity contribution in [1.29, 1.82) is 0 Å². The van der Waals surface area contributed by atoms with Crippen LogP contribution in [0.4, 0.5) is 4.39 Å². The van der Waals surface area contributed by atoms with E-state index in [1.807, 2.05) is 6.07 Å². The van der Waals surface area contributed by atoms with Crippen LogP contribution in [0, 0.1) is 5.92 Å². The maximum absolute atomic E-state index is 14.5. The van der Waals surface area contributed by atoms with E-state index in [0.29, 0.717) is 17.1 Å². The lowest BCUT2D eigenvalue weighted by Gasteiger charge is -2.44. The molecule has 8 heteroatoms. The zero-order valence-electron chi connectivity index (χ0n) is 15.1. The van der Waals surface area contributed by atoms with Gasteiger partial charge >= 0.3 is 0 Å². The Labute approximate surface area is 161 Å². The Hall–Kier alpha value is -3.00. The van der Waals surface area contributed by atoms with Crippen LogP contribution in [0.2, 0.25) is 0 Å². The monoisotopic (exact) mass is 381 g/mol.